The van der Waals surface area contributed by atoms with Gasteiger partial charge in [-0.25, -0.2) is 15.9 Å². The molecule has 1 fully saturated rings. The lowest BCUT2D eigenvalue weighted by molar-refractivity contribution is -0.136. The molecular weight excluding hydrogens is 284 g/mol. The summed E-state index contributed by atoms with van der Waals surface area (Å²) in [4.78, 5) is 27.8. The van der Waals surface area contributed by atoms with Gasteiger partial charge in [-0.15, -0.1) is 12.4 Å². The van der Waals surface area contributed by atoms with Crippen LogP contribution in [0.3, 0.4) is 0 Å². The Morgan fingerprint density at radius 3 is 2.45 bits per heavy atom. The predicted octanol–water partition coefficient (Wildman–Crippen LogP) is -0.691. The zero-order valence-corrected chi connectivity index (χ0v) is 11.5. The van der Waals surface area contributed by atoms with Gasteiger partial charge in [-0.05, 0) is 0 Å². The normalized spacial score (nSPS) is 14.4. The standard InChI is InChI=1S/C11H14N6O2.ClH/c12-5-9-6-14-11(15-7-9)17-3-1-16(2-4-17)10(18)8-19-13;/h6-7H,1-4,8,13H2;1H. The number of amides is 1. The molecule has 1 aliphatic rings. The van der Waals surface area contributed by atoms with Gasteiger partial charge in [0.15, 0.2) is 0 Å². The van der Waals surface area contributed by atoms with Crippen LogP contribution in [0.4, 0.5) is 5.95 Å². The van der Waals surface area contributed by atoms with Crippen LogP contribution < -0.4 is 10.8 Å². The third kappa shape index (κ3) is 3.77. The molecule has 9 heteroatoms. The van der Waals surface area contributed by atoms with E-state index in [0.717, 1.165) is 0 Å². The maximum Gasteiger partial charge on any atom is 0.250 e. The van der Waals surface area contributed by atoms with Crippen LogP contribution in [0.1, 0.15) is 5.56 Å². The third-order valence-electron chi connectivity index (χ3n) is 2.89. The Morgan fingerprint density at radius 1 is 1.35 bits per heavy atom. The highest BCUT2D eigenvalue weighted by atomic mass is 35.5. The molecule has 2 N–H and O–H groups in total. The molecule has 0 spiro atoms. The van der Waals surface area contributed by atoms with Crippen molar-refractivity contribution in [2.24, 2.45) is 5.90 Å². The second kappa shape index (κ2) is 7.59. The van der Waals surface area contributed by atoms with Crippen LogP contribution in [0.15, 0.2) is 12.4 Å². The molecule has 0 unspecified atom stereocenters. The molecule has 0 atom stereocenters. The maximum absolute atomic E-state index is 11.6. The maximum atomic E-state index is 11.6. The van der Waals surface area contributed by atoms with Gasteiger partial charge in [0, 0.05) is 26.2 Å². The van der Waals surface area contributed by atoms with E-state index < -0.39 is 0 Å². The lowest BCUT2D eigenvalue weighted by Crippen LogP contribution is -2.50. The number of hydrogen-bond acceptors (Lipinski definition) is 7. The summed E-state index contributed by atoms with van der Waals surface area (Å²) in [5, 5.41) is 8.68. The first-order chi connectivity index (χ1) is 9.24. The van der Waals surface area contributed by atoms with Crippen LogP contribution in [0.5, 0.6) is 0 Å². The first-order valence-corrected chi connectivity index (χ1v) is 5.81. The van der Waals surface area contributed by atoms with Crippen molar-refractivity contribution in [1.82, 2.24) is 14.9 Å². The Kier molecular flexibility index (Phi) is 6.11. The topological polar surface area (TPSA) is 108 Å². The summed E-state index contributed by atoms with van der Waals surface area (Å²) in [7, 11) is 0. The molecule has 0 aromatic carbocycles. The van der Waals surface area contributed by atoms with E-state index in [2.05, 4.69) is 14.8 Å². The number of piperazine rings is 1. The molecule has 1 aliphatic heterocycles. The summed E-state index contributed by atoms with van der Waals surface area (Å²) < 4.78 is 0. The minimum absolute atomic E-state index is 0. The molecule has 0 aliphatic carbocycles. The highest BCUT2D eigenvalue weighted by Gasteiger charge is 2.22. The Labute approximate surface area is 122 Å². The van der Waals surface area contributed by atoms with Crippen molar-refractivity contribution in [3.8, 4) is 6.07 Å². The van der Waals surface area contributed by atoms with Crippen molar-refractivity contribution < 1.29 is 9.63 Å². The molecule has 1 aromatic heterocycles. The molecule has 1 saturated heterocycles. The van der Waals surface area contributed by atoms with E-state index in [0.29, 0.717) is 37.7 Å². The summed E-state index contributed by atoms with van der Waals surface area (Å²) in [6.07, 6.45) is 2.98. The predicted molar refractivity (Wildman–Crippen MR) is 72.9 cm³/mol. The fourth-order valence-corrected chi connectivity index (χ4v) is 1.86. The Hall–Kier alpha value is -1.95. The zero-order valence-electron chi connectivity index (χ0n) is 10.7. The average Bonchev–Trinajstić information content (AvgIpc) is 2.48. The minimum Gasteiger partial charge on any atom is -0.337 e. The van der Waals surface area contributed by atoms with Crippen molar-refractivity contribution >= 4 is 24.3 Å². The van der Waals surface area contributed by atoms with Crippen molar-refractivity contribution in [2.45, 2.75) is 0 Å². The molecular formula is C11H15ClN6O2. The van der Waals surface area contributed by atoms with Gasteiger partial charge in [0.2, 0.25) is 5.95 Å². The van der Waals surface area contributed by atoms with Gasteiger partial charge in [0.05, 0.1) is 18.0 Å². The minimum atomic E-state index is -0.122. The van der Waals surface area contributed by atoms with Gasteiger partial charge < -0.3 is 9.80 Å². The van der Waals surface area contributed by atoms with Gasteiger partial charge in [0.1, 0.15) is 12.7 Å². The number of halogens is 1. The number of carbonyl (C=O) groups is 1. The number of anilines is 1. The van der Waals surface area contributed by atoms with Crippen LogP contribution in [-0.2, 0) is 9.63 Å². The number of hydrogen-bond donors (Lipinski definition) is 1. The first kappa shape index (κ1) is 16.1. The van der Waals surface area contributed by atoms with Crippen molar-refractivity contribution in [3.63, 3.8) is 0 Å². The third-order valence-corrected chi connectivity index (χ3v) is 2.89. The van der Waals surface area contributed by atoms with E-state index in [1.165, 1.54) is 12.4 Å². The summed E-state index contributed by atoms with van der Waals surface area (Å²) in [5.74, 6) is 5.33. The van der Waals surface area contributed by atoms with E-state index >= 15 is 0 Å². The molecule has 2 rings (SSSR count). The molecule has 1 aromatic rings. The van der Waals surface area contributed by atoms with Gasteiger partial charge >= 0.3 is 0 Å². The average molecular weight is 299 g/mol. The van der Waals surface area contributed by atoms with Gasteiger partial charge in [0.25, 0.3) is 5.91 Å². The molecule has 8 nitrogen and oxygen atoms in total. The lowest BCUT2D eigenvalue weighted by atomic mass is 10.3. The van der Waals surface area contributed by atoms with Crippen molar-refractivity contribution in [2.75, 3.05) is 37.7 Å². The SMILES string of the molecule is Cl.N#Cc1cnc(N2CCN(C(=O)CON)CC2)nc1. The number of nitrogens with two attached hydrogens (primary N) is 1. The molecule has 20 heavy (non-hydrogen) atoms. The van der Waals surface area contributed by atoms with Gasteiger partial charge in [-0.2, -0.15) is 5.26 Å². The van der Waals surface area contributed by atoms with Gasteiger partial charge in [-0.1, -0.05) is 0 Å². The molecule has 108 valence electrons. The number of carbonyl (C=O) groups excluding carboxylic acids is 1. The monoisotopic (exact) mass is 298 g/mol. The fraction of sp³-hybridized carbons (Fsp3) is 0.455. The summed E-state index contributed by atoms with van der Waals surface area (Å²) >= 11 is 0. The largest absolute Gasteiger partial charge is 0.337 e. The highest BCUT2D eigenvalue weighted by Crippen LogP contribution is 2.10. The fourth-order valence-electron chi connectivity index (χ4n) is 1.86. The van der Waals surface area contributed by atoms with E-state index in [9.17, 15) is 4.79 Å². The van der Waals surface area contributed by atoms with Crippen molar-refractivity contribution in [1.29, 1.82) is 5.26 Å². The van der Waals surface area contributed by atoms with E-state index in [-0.39, 0.29) is 24.9 Å². The van der Waals surface area contributed by atoms with Gasteiger partial charge in [-0.3, -0.25) is 9.63 Å². The number of aromatic nitrogens is 2. The number of rotatable bonds is 3. The van der Waals surface area contributed by atoms with Crippen LogP contribution in [0.25, 0.3) is 0 Å². The smallest absolute Gasteiger partial charge is 0.250 e. The van der Waals surface area contributed by atoms with Crippen LogP contribution in [0.2, 0.25) is 0 Å². The number of nitrogens with zero attached hydrogens (tertiary/aromatic N) is 5. The molecule has 1 amide bonds. The summed E-state index contributed by atoms with van der Waals surface area (Å²) in [6.45, 7) is 2.33. The van der Waals surface area contributed by atoms with Crippen LogP contribution in [-0.4, -0.2) is 53.6 Å². The quantitative estimate of drug-likeness (QED) is 0.736. The first-order valence-electron chi connectivity index (χ1n) is 5.81. The Balaban J connectivity index is 0.00000200. The van der Waals surface area contributed by atoms with Crippen LogP contribution in [0, 0.1) is 11.3 Å². The molecule has 2 heterocycles. The second-order valence-corrected chi connectivity index (χ2v) is 4.06. The Bertz CT molecular complexity index is 481. The zero-order chi connectivity index (χ0) is 13.7. The second-order valence-electron chi connectivity index (χ2n) is 4.06. The van der Waals surface area contributed by atoms with Crippen molar-refractivity contribution in [3.05, 3.63) is 18.0 Å². The molecule has 0 bridgehead atoms. The summed E-state index contributed by atoms with van der Waals surface area (Å²) in [6, 6.07) is 1.97. The Morgan fingerprint density at radius 2 is 1.95 bits per heavy atom. The van der Waals surface area contributed by atoms with E-state index in [4.69, 9.17) is 11.2 Å². The highest BCUT2D eigenvalue weighted by molar-refractivity contribution is 5.85. The molecule has 0 saturated carbocycles. The lowest BCUT2D eigenvalue weighted by Gasteiger charge is -2.34. The number of nitriles is 1. The summed E-state index contributed by atoms with van der Waals surface area (Å²) in [5.41, 5.74) is 0.428. The van der Waals surface area contributed by atoms with E-state index in [1.807, 2.05) is 11.0 Å². The van der Waals surface area contributed by atoms with Crippen LogP contribution >= 0.6 is 12.4 Å². The van der Waals surface area contributed by atoms with E-state index in [1.54, 1.807) is 4.90 Å². The molecule has 0 radical (unpaired) electrons.